The molecular weight excluding hydrogens is 329 g/mol. The minimum Gasteiger partial charge on any atom is -0.481 e. The first-order valence-electron chi connectivity index (χ1n) is 6.42. The largest absolute Gasteiger partial charge is 0.481 e. The fourth-order valence-corrected chi connectivity index (χ4v) is 2.84. The minimum absolute atomic E-state index is 0.162. The molecule has 20 heavy (non-hydrogen) atoms. The van der Waals surface area contributed by atoms with Gasteiger partial charge in [0.05, 0.1) is 5.92 Å². The number of carbonyl (C=O) groups is 2. The summed E-state index contributed by atoms with van der Waals surface area (Å²) in [5, 5.41) is 11.6. The van der Waals surface area contributed by atoms with Gasteiger partial charge in [-0.3, -0.25) is 9.59 Å². The summed E-state index contributed by atoms with van der Waals surface area (Å²) in [4.78, 5) is 22.8. The predicted octanol–water partition coefficient (Wildman–Crippen LogP) is 2.71. The lowest BCUT2D eigenvalue weighted by Crippen LogP contribution is -2.29. The summed E-state index contributed by atoms with van der Waals surface area (Å²) in [7, 11) is 0. The van der Waals surface area contributed by atoms with Crippen molar-refractivity contribution < 1.29 is 19.1 Å². The molecule has 1 aromatic carbocycles. The smallest absolute Gasteiger partial charge is 0.306 e. The van der Waals surface area contributed by atoms with Crippen molar-refractivity contribution in [3.63, 3.8) is 0 Å². The number of amides is 1. The quantitative estimate of drug-likeness (QED) is 0.883. The fourth-order valence-electron chi connectivity index (χ4n) is 2.45. The van der Waals surface area contributed by atoms with Crippen LogP contribution in [0.5, 0.6) is 0 Å². The zero-order valence-corrected chi connectivity index (χ0v) is 12.3. The van der Waals surface area contributed by atoms with E-state index in [0.717, 1.165) is 4.47 Å². The van der Waals surface area contributed by atoms with Crippen LogP contribution in [0.25, 0.3) is 0 Å². The zero-order chi connectivity index (χ0) is 14.7. The Labute approximate surface area is 124 Å². The Morgan fingerprint density at radius 3 is 2.70 bits per heavy atom. The highest BCUT2D eigenvalue weighted by Gasteiger charge is 2.33. The van der Waals surface area contributed by atoms with Gasteiger partial charge in [-0.1, -0.05) is 15.9 Å². The molecule has 0 aliphatic heterocycles. The first-order chi connectivity index (χ1) is 9.47. The van der Waals surface area contributed by atoms with Crippen LogP contribution in [-0.4, -0.2) is 17.0 Å². The topological polar surface area (TPSA) is 66.4 Å². The number of rotatable bonds is 4. The molecule has 1 saturated carbocycles. The van der Waals surface area contributed by atoms with Gasteiger partial charge in [-0.25, -0.2) is 4.39 Å². The van der Waals surface area contributed by atoms with Crippen LogP contribution in [0, 0.1) is 17.7 Å². The lowest BCUT2D eigenvalue weighted by Gasteiger charge is -2.11. The Hall–Kier alpha value is -1.43. The summed E-state index contributed by atoms with van der Waals surface area (Å²) >= 11 is 3.30. The lowest BCUT2D eigenvalue weighted by molar-refractivity contribution is -0.141. The van der Waals surface area contributed by atoms with Crippen molar-refractivity contribution in [3.8, 4) is 0 Å². The maximum atomic E-state index is 13.1. The van der Waals surface area contributed by atoms with Gasteiger partial charge in [-0.2, -0.15) is 0 Å². The van der Waals surface area contributed by atoms with Crippen molar-refractivity contribution in [1.82, 2.24) is 5.32 Å². The third kappa shape index (κ3) is 3.56. The average Bonchev–Trinajstić information content (AvgIpc) is 2.89. The molecule has 1 aromatic rings. The molecule has 1 fully saturated rings. The molecule has 4 nitrogen and oxygen atoms in total. The molecule has 2 rings (SSSR count). The molecular formula is C14H15BrFNO3. The van der Waals surface area contributed by atoms with Crippen molar-refractivity contribution in [2.24, 2.45) is 11.8 Å². The van der Waals surface area contributed by atoms with Crippen molar-refractivity contribution in [2.45, 2.75) is 25.8 Å². The zero-order valence-electron chi connectivity index (χ0n) is 10.7. The maximum Gasteiger partial charge on any atom is 0.306 e. The van der Waals surface area contributed by atoms with Crippen LogP contribution in [0.1, 0.15) is 24.8 Å². The molecule has 108 valence electrons. The Kier molecular flexibility index (Phi) is 4.75. The second kappa shape index (κ2) is 6.35. The van der Waals surface area contributed by atoms with E-state index in [1.54, 1.807) is 6.07 Å². The van der Waals surface area contributed by atoms with Crippen LogP contribution >= 0.6 is 15.9 Å². The maximum absolute atomic E-state index is 13.1. The van der Waals surface area contributed by atoms with Gasteiger partial charge in [0.25, 0.3) is 0 Å². The number of carbonyl (C=O) groups excluding carboxylic acids is 1. The first kappa shape index (κ1) is 15.0. The highest BCUT2D eigenvalue weighted by atomic mass is 79.9. The van der Waals surface area contributed by atoms with Gasteiger partial charge >= 0.3 is 5.97 Å². The van der Waals surface area contributed by atoms with Crippen LogP contribution in [0.2, 0.25) is 0 Å². The lowest BCUT2D eigenvalue weighted by atomic mass is 10.0. The van der Waals surface area contributed by atoms with E-state index in [9.17, 15) is 14.0 Å². The highest BCUT2D eigenvalue weighted by molar-refractivity contribution is 9.10. The van der Waals surface area contributed by atoms with Gasteiger partial charge < -0.3 is 10.4 Å². The van der Waals surface area contributed by atoms with E-state index in [-0.39, 0.29) is 24.2 Å². The second-order valence-electron chi connectivity index (χ2n) is 5.00. The number of benzene rings is 1. The molecule has 0 aromatic heterocycles. The number of halogens is 2. The van der Waals surface area contributed by atoms with Gasteiger partial charge in [-0.05, 0) is 43.0 Å². The van der Waals surface area contributed by atoms with Gasteiger partial charge in [0.2, 0.25) is 5.91 Å². The summed E-state index contributed by atoms with van der Waals surface area (Å²) in [6.07, 6.45) is 1.51. The van der Waals surface area contributed by atoms with Crippen molar-refractivity contribution in [1.29, 1.82) is 0 Å². The summed E-state index contributed by atoms with van der Waals surface area (Å²) in [5.74, 6) is -2.04. The van der Waals surface area contributed by atoms with E-state index in [1.807, 2.05) is 0 Å². The Bertz CT molecular complexity index is 535. The van der Waals surface area contributed by atoms with Crippen molar-refractivity contribution in [2.75, 3.05) is 0 Å². The standard InChI is InChI=1S/C14H15BrFNO3/c15-12-4-3-11(16)6-10(12)7-17-13(18)8-1-2-9(5-8)14(19)20/h3-4,6,8-9H,1-2,5,7H2,(H,17,18)(H,19,20)/t8-,9+/m1/s1. The van der Waals surface area contributed by atoms with Crippen LogP contribution in [0.15, 0.2) is 22.7 Å². The van der Waals surface area contributed by atoms with E-state index in [1.165, 1.54) is 12.1 Å². The summed E-state index contributed by atoms with van der Waals surface area (Å²) in [5.41, 5.74) is 0.658. The molecule has 0 saturated heterocycles. The van der Waals surface area contributed by atoms with Gasteiger partial charge in [-0.15, -0.1) is 0 Å². The minimum atomic E-state index is -0.840. The first-order valence-corrected chi connectivity index (χ1v) is 7.21. The summed E-state index contributed by atoms with van der Waals surface area (Å²) < 4.78 is 13.8. The molecule has 0 bridgehead atoms. The Balaban J connectivity index is 1.90. The molecule has 1 aliphatic rings. The molecule has 0 unspecified atom stereocenters. The fraction of sp³-hybridized carbons (Fsp3) is 0.429. The highest BCUT2D eigenvalue weighted by Crippen LogP contribution is 2.31. The van der Waals surface area contributed by atoms with E-state index < -0.39 is 11.9 Å². The van der Waals surface area contributed by atoms with Crippen molar-refractivity contribution >= 4 is 27.8 Å². The molecule has 1 amide bonds. The SMILES string of the molecule is O=C(O)[C@H]1CC[C@@H](C(=O)NCc2cc(F)ccc2Br)C1. The van der Waals surface area contributed by atoms with Crippen LogP contribution in [0.3, 0.4) is 0 Å². The van der Waals surface area contributed by atoms with E-state index in [2.05, 4.69) is 21.2 Å². The van der Waals surface area contributed by atoms with Crippen LogP contribution < -0.4 is 5.32 Å². The number of aliphatic carboxylic acids is 1. The van der Waals surface area contributed by atoms with Crippen LogP contribution in [-0.2, 0) is 16.1 Å². The van der Waals surface area contributed by atoms with Gasteiger partial charge in [0.15, 0.2) is 0 Å². The number of carboxylic acid groups (broad SMARTS) is 1. The summed E-state index contributed by atoms with van der Waals surface area (Å²) in [6.45, 7) is 0.228. The number of hydrogen-bond donors (Lipinski definition) is 2. The Morgan fingerprint density at radius 1 is 1.35 bits per heavy atom. The van der Waals surface area contributed by atoms with Crippen LogP contribution in [0.4, 0.5) is 4.39 Å². The number of nitrogens with one attached hydrogen (secondary N) is 1. The third-order valence-electron chi connectivity index (χ3n) is 3.61. The van der Waals surface area contributed by atoms with Crippen molar-refractivity contribution in [3.05, 3.63) is 34.1 Å². The normalized spacial score (nSPS) is 21.7. The van der Waals surface area contributed by atoms with E-state index in [4.69, 9.17) is 5.11 Å². The molecule has 1 aliphatic carbocycles. The number of hydrogen-bond acceptors (Lipinski definition) is 2. The molecule has 6 heteroatoms. The molecule has 0 spiro atoms. The average molecular weight is 344 g/mol. The van der Waals surface area contributed by atoms with E-state index >= 15 is 0 Å². The van der Waals surface area contributed by atoms with E-state index in [0.29, 0.717) is 24.8 Å². The third-order valence-corrected chi connectivity index (χ3v) is 4.39. The van der Waals surface area contributed by atoms with Gasteiger partial charge in [0, 0.05) is 16.9 Å². The van der Waals surface area contributed by atoms with Gasteiger partial charge in [0.1, 0.15) is 5.82 Å². The predicted molar refractivity (Wildman–Crippen MR) is 74.4 cm³/mol. The Morgan fingerprint density at radius 2 is 2.05 bits per heavy atom. The monoisotopic (exact) mass is 343 g/mol. The number of carboxylic acids is 1. The summed E-state index contributed by atoms with van der Waals surface area (Å²) in [6, 6.07) is 4.29. The molecule has 0 heterocycles. The second-order valence-corrected chi connectivity index (χ2v) is 5.85. The molecule has 0 radical (unpaired) electrons. The molecule has 2 N–H and O–H groups in total. The molecule has 2 atom stereocenters.